The molecule has 1 unspecified atom stereocenters. The highest BCUT2D eigenvalue weighted by atomic mass is 32.2. The van der Waals surface area contributed by atoms with Gasteiger partial charge in [-0.1, -0.05) is 13.8 Å². The molecule has 0 heterocycles. The molecule has 0 spiro atoms. The highest BCUT2D eigenvalue weighted by molar-refractivity contribution is 7.92. The summed E-state index contributed by atoms with van der Waals surface area (Å²) in [4.78, 5) is 22.2. The van der Waals surface area contributed by atoms with Gasteiger partial charge in [-0.2, -0.15) is 0 Å². The first-order valence-electron chi connectivity index (χ1n) is 4.79. The Bertz CT molecular complexity index is 373. The molecule has 0 aromatic carbocycles. The van der Waals surface area contributed by atoms with Gasteiger partial charge in [0.15, 0.2) is 9.84 Å². The number of rotatable bonds is 5. The lowest BCUT2D eigenvalue weighted by molar-refractivity contribution is -0.143. The summed E-state index contributed by atoms with van der Waals surface area (Å²) in [6.45, 7) is 4.48. The Morgan fingerprint density at radius 3 is 1.88 bits per heavy atom. The van der Waals surface area contributed by atoms with E-state index < -0.39 is 33.0 Å². The number of hydrogen-bond acceptors (Lipinski definition) is 4. The molecular formula is C9H17NO5S. The maximum Gasteiger partial charge on any atom is 0.326 e. The average molecular weight is 251 g/mol. The van der Waals surface area contributed by atoms with E-state index in [0.29, 0.717) is 0 Å². The maximum absolute atomic E-state index is 11.5. The van der Waals surface area contributed by atoms with Crippen molar-refractivity contribution in [2.45, 2.75) is 32.1 Å². The zero-order chi connectivity index (χ0) is 13.1. The number of sulfone groups is 1. The molecule has 0 aromatic heterocycles. The van der Waals surface area contributed by atoms with Crippen LogP contribution < -0.4 is 5.32 Å². The smallest absolute Gasteiger partial charge is 0.326 e. The number of carbonyl (C=O) groups is 2. The molecular weight excluding hydrogens is 234 g/mol. The van der Waals surface area contributed by atoms with Gasteiger partial charge < -0.3 is 10.4 Å². The fourth-order valence-electron chi connectivity index (χ4n) is 0.979. The van der Waals surface area contributed by atoms with Crippen molar-refractivity contribution in [2.75, 3.05) is 6.26 Å². The molecule has 0 aliphatic carbocycles. The summed E-state index contributed by atoms with van der Waals surface area (Å²) in [7, 11) is -3.50. The molecule has 0 radical (unpaired) electrons. The molecule has 0 rings (SSSR count). The van der Waals surface area contributed by atoms with E-state index in [1.165, 1.54) is 6.92 Å². The van der Waals surface area contributed by atoms with Gasteiger partial charge in [0, 0.05) is 6.26 Å². The molecule has 0 aliphatic heterocycles. The van der Waals surface area contributed by atoms with Gasteiger partial charge in [0.2, 0.25) is 5.91 Å². The Balaban J connectivity index is 4.73. The van der Waals surface area contributed by atoms with Gasteiger partial charge in [0.25, 0.3) is 0 Å². The lowest BCUT2D eigenvalue weighted by Crippen LogP contribution is -2.49. The van der Waals surface area contributed by atoms with Crippen LogP contribution in [0.5, 0.6) is 0 Å². The summed E-state index contributed by atoms with van der Waals surface area (Å²) < 4.78 is 22.2. The largest absolute Gasteiger partial charge is 0.480 e. The van der Waals surface area contributed by atoms with Gasteiger partial charge in [0.1, 0.15) is 11.3 Å². The molecule has 7 heteroatoms. The van der Waals surface area contributed by atoms with Crippen LogP contribution in [-0.4, -0.2) is 42.9 Å². The SMILES string of the molecule is CC(C)[C@@H](NC(=O)C(C)S(C)(=O)=O)C(=O)O. The van der Waals surface area contributed by atoms with Crippen molar-refractivity contribution in [2.24, 2.45) is 5.92 Å². The van der Waals surface area contributed by atoms with Crippen molar-refractivity contribution in [3.63, 3.8) is 0 Å². The topological polar surface area (TPSA) is 101 Å². The molecule has 16 heavy (non-hydrogen) atoms. The second-order valence-corrected chi connectivity index (χ2v) is 6.41. The van der Waals surface area contributed by atoms with E-state index in [1.54, 1.807) is 13.8 Å². The highest BCUT2D eigenvalue weighted by Gasteiger charge is 2.29. The molecule has 2 N–H and O–H groups in total. The molecule has 0 bridgehead atoms. The number of aliphatic carboxylic acids is 1. The number of amides is 1. The number of carbonyl (C=O) groups excluding carboxylic acids is 1. The predicted octanol–water partition coefficient (Wildman–Crippen LogP) is -0.355. The first-order chi connectivity index (χ1) is 7.07. The molecule has 6 nitrogen and oxygen atoms in total. The minimum Gasteiger partial charge on any atom is -0.480 e. The number of carboxylic acid groups (broad SMARTS) is 1. The lowest BCUT2D eigenvalue weighted by atomic mass is 10.0. The van der Waals surface area contributed by atoms with E-state index in [4.69, 9.17) is 5.11 Å². The number of hydrogen-bond donors (Lipinski definition) is 2. The van der Waals surface area contributed by atoms with Crippen molar-refractivity contribution in [1.29, 1.82) is 0 Å². The van der Waals surface area contributed by atoms with Crippen LogP contribution in [0.4, 0.5) is 0 Å². The van der Waals surface area contributed by atoms with Crippen LogP contribution in [0.1, 0.15) is 20.8 Å². The van der Waals surface area contributed by atoms with Crippen LogP contribution in [0.2, 0.25) is 0 Å². The first-order valence-corrected chi connectivity index (χ1v) is 6.75. The van der Waals surface area contributed by atoms with E-state index in [-0.39, 0.29) is 5.92 Å². The lowest BCUT2D eigenvalue weighted by Gasteiger charge is -2.19. The minimum absolute atomic E-state index is 0.312. The quantitative estimate of drug-likeness (QED) is 0.695. The molecule has 2 atom stereocenters. The van der Waals surface area contributed by atoms with Crippen LogP contribution in [0, 0.1) is 5.92 Å². The van der Waals surface area contributed by atoms with Gasteiger partial charge in [0.05, 0.1) is 0 Å². The third kappa shape index (κ3) is 4.18. The number of nitrogens with one attached hydrogen (secondary N) is 1. The van der Waals surface area contributed by atoms with Crippen molar-refractivity contribution in [1.82, 2.24) is 5.32 Å². The zero-order valence-corrected chi connectivity index (χ0v) is 10.5. The van der Waals surface area contributed by atoms with Crippen LogP contribution >= 0.6 is 0 Å². The monoisotopic (exact) mass is 251 g/mol. The standard InChI is InChI=1S/C9H17NO5S/c1-5(2)7(9(12)13)10-8(11)6(3)16(4,14)15/h5-7H,1-4H3,(H,10,11)(H,12,13)/t6?,7-/m1/s1. The van der Waals surface area contributed by atoms with Gasteiger partial charge in [-0.25, -0.2) is 13.2 Å². The third-order valence-electron chi connectivity index (χ3n) is 2.24. The summed E-state index contributed by atoms with van der Waals surface area (Å²) in [5.41, 5.74) is 0. The maximum atomic E-state index is 11.5. The second-order valence-electron chi connectivity index (χ2n) is 4.04. The zero-order valence-electron chi connectivity index (χ0n) is 9.72. The molecule has 0 aromatic rings. The highest BCUT2D eigenvalue weighted by Crippen LogP contribution is 2.04. The Hall–Kier alpha value is -1.11. The fourth-order valence-corrected chi connectivity index (χ4v) is 1.44. The van der Waals surface area contributed by atoms with Crippen molar-refractivity contribution in [3.8, 4) is 0 Å². The van der Waals surface area contributed by atoms with E-state index in [2.05, 4.69) is 5.32 Å². The normalized spacial score (nSPS) is 15.6. The summed E-state index contributed by atoms with van der Waals surface area (Å²) in [6, 6.07) is -1.07. The summed E-state index contributed by atoms with van der Waals surface area (Å²) in [5, 5.41) is 9.78. The van der Waals surface area contributed by atoms with Crippen molar-refractivity contribution >= 4 is 21.7 Å². The van der Waals surface area contributed by atoms with Gasteiger partial charge in [-0.05, 0) is 12.8 Å². The Labute approximate surface area is 95.0 Å². The molecule has 0 saturated carbocycles. The first kappa shape index (κ1) is 14.9. The van der Waals surface area contributed by atoms with Crippen molar-refractivity contribution in [3.05, 3.63) is 0 Å². The third-order valence-corrected chi connectivity index (χ3v) is 3.74. The second kappa shape index (κ2) is 5.29. The Morgan fingerprint density at radius 2 is 1.62 bits per heavy atom. The molecule has 94 valence electrons. The predicted molar refractivity (Wildman–Crippen MR) is 58.7 cm³/mol. The van der Waals surface area contributed by atoms with E-state index in [0.717, 1.165) is 6.26 Å². The van der Waals surface area contributed by atoms with Gasteiger partial charge >= 0.3 is 5.97 Å². The number of carboxylic acids is 1. The van der Waals surface area contributed by atoms with E-state index in [9.17, 15) is 18.0 Å². The molecule has 0 saturated heterocycles. The van der Waals surface area contributed by atoms with E-state index in [1.807, 2.05) is 0 Å². The summed E-state index contributed by atoms with van der Waals surface area (Å²) >= 11 is 0. The van der Waals surface area contributed by atoms with Crippen LogP contribution in [0.15, 0.2) is 0 Å². The Kier molecular flexibility index (Phi) is 4.92. The molecule has 0 fully saturated rings. The van der Waals surface area contributed by atoms with Crippen molar-refractivity contribution < 1.29 is 23.1 Å². The summed E-state index contributed by atoms with van der Waals surface area (Å²) in [6.07, 6.45) is 0.933. The van der Waals surface area contributed by atoms with Crippen LogP contribution in [0.3, 0.4) is 0 Å². The van der Waals surface area contributed by atoms with Crippen LogP contribution in [-0.2, 0) is 19.4 Å². The Morgan fingerprint density at radius 1 is 1.19 bits per heavy atom. The van der Waals surface area contributed by atoms with Gasteiger partial charge in [-0.3, -0.25) is 4.79 Å². The minimum atomic E-state index is -3.50. The van der Waals surface area contributed by atoms with Crippen LogP contribution in [0.25, 0.3) is 0 Å². The van der Waals surface area contributed by atoms with Gasteiger partial charge in [-0.15, -0.1) is 0 Å². The molecule has 1 amide bonds. The molecule has 0 aliphatic rings. The summed E-state index contributed by atoms with van der Waals surface area (Å²) in [5.74, 6) is -2.28. The fraction of sp³-hybridized carbons (Fsp3) is 0.778. The van der Waals surface area contributed by atoms with E-state index >= 15 is 0 Å². The average Bonchev–Trinajstić information content (AvgIpc) is 2.09.